The predicted molar refractivity (Wildman–Crippen MR) is 236 cm³/mol. The van der Waals surface area contributed by atoms with Crippen LogP contribution in [0.25, 0.3) is 77.6 Å². The van der Waals surface area contributed by atoms with Crippen molar-refractivity contribution in [1.29, 1.82) is 0 Å². The van der Waals surface area contributed by atoms with E-state index in [2.05, 4.69) is 229 Å². The molecule has 0 N–H and O–H groups in total. The lowest BCUT2D eigenvalue weighted by molar-refractivity contribution is 0.670. The van der Waals surface area contributed by atoms with Crippen LogP contribution in [0.4, 0.5) is 17.1 Å². The normalized spacial score (nSPS) is 11.2. The van der Waals surface area contributed by atoms with E-state index in [1.165, 1.54) is 33.4 Å². The maximum Gasteiger partial charge on any atom is 0.143 e. The fourth-order valence-electron chi connectivity index (χ4n) is 7.94. The second-order valence-electron chi connectivity index (χ2n) is 14.1. The van der Waals surface area contributed by atoms with Gasteiger partial charge in [0.1, 0.15) is 11.2 Å². The van der Waals surface area contributed by atoms with Crippen LogP contribution < -0.4 is 4.90 Å². The maximum atomic E-state index is 6.61. The molecular formula is C54H37NO. The monoisotopic (exact) mass is 715 g/mol. The van der Waals surface area contributed by atoms with Gasteiger partial charge in [0.05, 0.1) is 5.69 Å². The van der Waals surface area contributed by atoms with E-state index in [9.17, 15) is 0 Å². The molecule has 0 spiro atoms. The number of nitrogens with zero attached hydrogens (tertiary/aromatic N) is 1. The minimum absolute atomic E-state index is 0.892. The predicted octanol–water partition coefficient (Wildman–Crippen LogP) is 15.4. The Hall–Kier alpha value is -7.42. The Kier molecular flexibility index (Phi) is 8.55. The summed E-state index contributed by atoms with van der Waals surface area (Å²) in [6.07, 6.45) is 0. The summed E-state index contributed by atoms with van der Waals surface area (Å²) < 4.78 is 6.61. The van der Waals surface area contributed by atoms with Gasteiger partial charge in [0.15, 0.2) is 0 Å². The van der Waals surface area contributed by atoms with E-state index in [0.29, 0.717) is 0 Å². The summed E-state index contributed by atoms with van der Waals surface area (Å²) in [5, 5.41) is 2.24. The van der Waals surface area contributed by atoms with Gasteiger partial charge in [0.25, 0.3) is 0 Å². The van der Waals surface area contributed by atoms with Crippen molar-refractivity contribution in [3.63, 3.8) is 0 Å². The largest absolute Gasteiger partial charge is 0.455 e. The van der Waals surface area contributed by atoms with Crippen LogP contribution in [0.2, 0.25) is 0 Å². The van der Waals surface area contributed by atoms with Gasteiger partial charge in [-0.15, -0.1) is 0 Å². The molecule has 0 saturated carbocycles. The third kappa shape index (κ3) is 6.24. The molecular weight excluding hydrogens is 679 g/mol. The minimum Gasteiger partial charge on any atom is -0.455 e. The van der Waals surface area contributed by atoms with Crippen LogP contribution >= 0.6 is 0 Å². The number of rotatable bonds is 8. The fourth-order valence-corrected chi connectivity index (χ4v) is 7.94. The van der Waals surface area contributed by atoms with Crippen LogP contribution in [0.5, 0.6) is 0 Å². The van der Waals surface area contributed by atoms with Crippen LogP contribution in [-0.2, 0) is 0 Å². The van der Waals surface area contributed by atoms with Gasteiger partial charge < -0.3 is 9.32 Å². The molecule has 2 nitrogen and oxygen atoms in total. The number of para-hydroxylation sites is 2. The van der Waals surface area contributed by atoms with Gasteiger partial charge in [0.2, 0.25) is 0 Å². The van der Waals surface area contributed by atoms with E-state index in [-0.39, 0.29) is 0 Å². The topological polar surface area (TPSA) is 16.4 Å². The first-order valence-electron chi connectivity index (χ1n) is 19.1. The zero-order valence-corrected chi connectivity index (χ0v) is 30.7. The zero-order chi connectivity index (χ0) is 37.3. The third-order valence-corrected chi connectivity index (χ3v) is 10.7. The van der Waals surface area contributed by atoms with Crippen LogP contribution in [0.1, 0.15) is 0 Å². The molecule has 0 unspecified atom stereocenters. The first-order valence-corrected chi connectivity index (χ1v) is 19.1. The first-order chi connectivity index (χ1) is 27.8. The molecule has 0 amide bonds. The summed E-state index contributed by atoms with van der Waals surface area (Å²) >= 11 is 0. The van der Waals surface area contributed by atoms with E-state index in [4.69, 9.17) is 4.42 Å². The SMILES string of the molecule is c1ccc(-c2cccc(N(c3cccc(-c4cccc(-c5cccc6c5oc5ccc(-c7ccccc7)cc56)c4)c3)c3ccccc3-c3ccccc3)c2)cc1. The Labute approximate surface area is 327 Å². The molecule has 56 heavy (non-hydrogen) atoms. The second kappa shape index (κ2) is 14.4. The number of furan rings is 1. The van der Waals surface area contributed by atoms with E-state index in [0.717, 1.165) is 61.3 Å². The van der Waals surface area contributed by atoms with Gasteiger partial charge in [-0.25, -0.2) is 0 Å². The van der Waals surface area contributed by atoms with E-state index >= 15 is 0 Å². The average molecular weight is 716 g/mol. The number of hydrogen-bond acceptors (Lipinski definition) is 2. The van der Waals surface area contributed by atoms with Gasteiger partial charge in [-0.2, -0.15) is 0 Å². The summed E-state index contributed by atoms with van der Waals surface area (Å²) in [5.41, 5.74) is 16.6. The highest BCUT2D eigenvalue weighted by Crippen LogP contribution is 2.43. The highest BCUT2D eigenvalue weighted by molar-refractivity contribution is 6.10. The Balaban J connectivity index is 1.08. The molecule has 0 radical (unpaired) electrons. The number of anilines is 3. The summed E-state index contributed by atoms with van der Waals surface area (Å²) in [4.78, 5) is 2.39. The minimum atomic E-state index is 0.892. The quantitative estimate of drug-likeness (QED) is 0.156. The second-order valence-corrected chi connectivity index (χ2v) is 14.1. The molecule has 10 aromatic rings. The molecule has 0 bridgehead atoms. The van der Waals surface area contributed by atoms with Gasteiger partial charge >= 0.3 is 0 Å². The number of hydrogen-bond donors (Lipinski definition) is 0. The molecule has 0 aliphatic heterocycles. The third-order valence-electron chi connectivity index (χ3n) is 10.7. The fraction of sp³-hybridized carbons (Fsp3) is 0. The molecule has 0 saturated heterocycles. The van der Waals surface area contributed by atoms with Gasteiger partial charge in [-0.1, -0.05) is 176 Å². The first kappa shape index (κ1) is 33.2. The summed E-state index contributed by atoms with van der Waals surface area (Å²) in [5.74, 6) is 0. The summed E-state index contributed by atoms with van der Waals surface area (Å²) in [6, 6.07) is 80.0. The lowest BCUT2D eigenvalue weighted by atomic mass is 9.96. The molecule has 10 rings (SSSR count). The van der Waals surface area contributed by atoms with Crippen molar-refractivity contribution in [3.05, 3.63) is 224 Å². The molecule has 0 fully saturated rings. The van der Waals surface area contributed by atoms with Gasteiger partial charge in [-0.05, 0) is 93.0 Å². The van der Waals surface area contributed by atoms with Crippen molar-refractivity contribution in [2.24, 2.45) is 0 Å². The van der Waals surface area contributed by atoms with Crippen molar-refractivity contribution >= 4 is 39.0 Å². The molecule has 264 valence electrons. The zero-order valence-electron chi connectivity index (χ0n) is 30.7. The van der Waals surface area contributed by atoms with E-state index in [1.807, 2.05) is 0 Å². The number of fused-ring (bicyclic) bond motifs is 3. The molecule has 2 heteroatoms. The van der Waals surface area contributed by atoms with Gasteiger partial charge in [0, 0.05) is 33.3 Å². The summed E-state index contributed by atoms with van der Waals surface area (Å²) in [7, 11) is 0. The maximum absolute atomic E-state index is 6.61. The molecule has 0 atom stereocenters. The van der Waals surface area contributed by atoms with Crippen LogP contribution in [0.3, 0.4) is 0 Å². The van der Waals surface area contributed by atoms with Gasteiger partial charge in [-0.3, -0.25) is 0 Å². The van der Waals surface area contributed by atoms with Crippen molar-refractivity contribution in [1.82, 2.24) is 0 Å². The lowest BCUT2D eigenvalue weighted by Crippen LogP contribution is -2.11. The highest BCUT2D eigenvalue weighted by atomic mass is 16.3. The number of benzene rings is 9. The van der Waals surface area contributed by atoms with Crippen LogP contribution in [-0.4, -0.2) is 0 Å². The molecule has 0 aliphatic rings. The van der Waals surface area contributed by atoms with Crippen LogP contribution in [0.15, 0.2) is 229 Å². The van der Waals surface area contributed by atoms with Crippen molar-refractivity contribution < 1.29 is 4.42 Å². The summed E-state index contributed by atoms with van der Waals surface area (Å²) in [6.45, 7) is 0. The van der Waals surface area contributed by atoms with Crippen molar-refractivity contribution in [2.75, 3.05) is 4.90 Å². The lowest BCUT2D eigenvalue weighted by Gasteiger charge is -2.28. The molecule has 1 heterocycles. The van der Waals surface area contributed by atoms with Crippen molar-refractivity contribution in [3.8, 4) is 55.6 Å². The Morgan fingerprint density at radius 2 is 0.768 bits per heavy atom. The van der Waals surface area contributed by atoms with E-state index < -0.39 is 0 Å². The Bertz CT molecular complexity index is 2960. The van der Waals surface area contributed by atoms with E-state index in [1.54, 1.807) is 0 Å². The Morgan fingerprint density at radius 3 is 1.45 bits per heavy atom. The smallest absolute Gasteiger partial charge is 0.143 e. The average Bonchev–Trinajstić information content (AvgIpc) is 3.66. The molecule has 1 aromatic heterocycles. The van der Waals surface area contributed by atoms with Crippen LogP contribution in [0, 0.1) is 0 Å². The highest BCUT2D eigenvalue weighted by Gasteiger charge is 2.19. The Morgan fingerprint density at radius 1 is 0.286 bits per heavy atom. The standard InChI is InChI=1S/C54H37NO/c1-4-16-38(17-5-1)42-23-13-26-46(35-42)55(52-31-11-10-28-48(52)40-20-8-3-9-21-40)47-27-14-24-43(36-47)41-22-12-25-45(34-41)49-29-15-30-50-51-37-44(39-18-6-2-7-19-39)32-33-53(51)56-54(49)50/h1-37H. The molecule has 9 aromatic carbocycles. The molecule has 0 aliphatic carbocycles. The van der Waals surface area contributed by atoms with Crippen molar-refractivity contribution in [2.45, 2.75) is 0 Å².